The minimum atomic E-state index is -0.186. The molecular formula is C14H24N2O. The van der Waals surface area contributed by atoms with Crippen LogP contribution < -0.4 is 10.6 Å². The molecule has 0 heterocycles. The minimum absolute atomic E-state index is 0.0231. The first kappa shape index (κ1) is 14.0. The van der Waals surface area contributed by atoms with Gasteiger partial charge in [-0.3, -0.25) is 0 Å². The third-order valence-electron chi connectivity index (χ3n) is 3.26. The summed E-state index contributed by atoms with van der Waals surface area (Å²) in [7, 11) is 1.99. The molecule has 0 saturated heterocycles. The van der Waals surface area contributed by atoms with Crippen molar-refractivity contribution in [3.05, 3.63) is 29.8 Å². The van der Waals surface area contributed by atoms with Crippen molar-refractivity contribution in [2.45, 2.75) is 32.2 Å². The SMILES string of the molecule is CCC(C)c1ccc(N(C)CC(N)CO)cc1. The van der Waals surface area contributed by atoms with Crippen molar-refractivity contribution in [3.8, 4) is 0 Å². The van der Waals surface area contributed by atoms with Gasteiger partial charge in [0.25, 0.3) is 0 Å². The van der Waals surface area contributed by atoms with Crippen LogP contribution in [0.1, 0.15) is 31.7 Å². The summed E-state index contributed by atoms with van der Waals surface area (Å²) in [5.41, 5.74) is 8.23. The normalized spacial score (nSPS) is 14.4. The predicted molar refractivity (Wildman–Crippen MR) is 73.5 cm³/mol. The van der Waals surface area contributed by atoms with Gasteiger partial charge in [0.2, 0.25) is 0 Å². The van der Waals surface area contributed by atoms with E-state index >= 15 is 0 Å². The Balaban J connectivity index is 2.66. The zero-order chi connectivity index (χ0) is 12.8. The molecule has 0 bridgehead atoms. The van der Waals surface area contributed by atoms with Crippen molar-refractivity contribution in [3.63, 3.8) is 0 Å². The van der Waals surface area contributed by atoms with Crippen molar-refractivity contribution in [1.82, 2.24) is 0 Å². The molecule has 0 spiro atoms. The van der Waals surface area contributed by atoms with Crippen molar-refractivity contribution >= 4 is 5.69 Å². The maximum absolute atomic E-state index is 8.93. The molecule has 0 fully saturated rings. The highest BCUT2D eigenvalue weighted by atomic mass is 16.3. The maximum atomic E-state index is 8.93. The number of rotatable bonds is 6. The number of aliphatic hydroxyl groups excluding tert-OH is 1. The van der Waals surface area contributed by atoms with Gasteiger partial charge in [-0.2, -0.15) is 0 Å². The molecule has 96 valence electrons. The Labute approximate surface area is 104 Å². The van der Waals surface area contributed by atoms with Crippen LogP contribution in [0.15, 0.2) is 24.3 Å². The van der Waals surface area contributed by atoms with Crippen molar-refractivity contribution < 1.29 is 5.11 Å². The second-order valence-corrected chi connectivity index (χ2v) is 4.72. The van der Waals surface area contributed by atoms with Gasteiger partial charge in [0.05, 0.1) is 6.61 Å². The number of likely N-dealkylation sites (N-methyl/N-ethyl adjacent to an activating group) is 1. The first-order valence-electron chi connectivity index (χ1n) is 6.26. The van der Waals surface area contributed by atoms with E-state index in [2.05, 4.69) is 43.0 Å². The third kappa shape index (κ3) is 4.02. The number of hydrogen-bond donors (Lipinski definition) is 2. The summed E-state index contributed by atoms with van der Waals surface area (Å²) in [6.45, 7) is 5.12. The van der Waals surface area contributed by atoms with Gasteiger partial charge in [0.15, 0.2) is 0 Å². The number of aliphatic hydroxyl groups is 1. The number of nitrogens with two attached hydrogens (primary N) is 1. The molecule has 1 aromatic carbocycles. The highest BCUT2D eigenvalue weighted by Gasteiger charge is 2.07. The smallest absolute Gasteiger partial charge is 0.0599 e. The fraction of sp³-hybridized carbons (Fsp3) is 0.571. The zero-order valence-electron chi connectivity index (χ0n) is 11.1. The lowest BCUT2D eigenvalue weighted by Crippen LogP contribution is -2.37. The van der Waals surface area contributed by atoms with Gasteiger partial charge in [-0.05, 0) is 30.0 Å². The van der Waals surface area contributed by atoms with E-state index in [-0.39, 0.29) is 12.6 Å². The number of benzene rings is 1. The highest BCUT2D eigenvalue weighted by molar-refractivity contribution is 5.47. The van der Waals surface area contributed by atoms with E-state index in [0.717, 1.165) is 12.1 Å². The molecule has 0 aromatic heterocycles. The van der Waals surface area contributed by atoms with Gasteiger partial charge in [0.1, 0.15) is 0 Å². The monoisotopic (exact) mass is 236 g/mol. The minimum Gasteiger partial charge on any atom is -0.395 e. The van der Waals surface area contributed by atoms with Gasteiger partial charge >= 0.3 is 0 Å². The summed E-state index contributed by atoms with van der Waals surface area (Å²) in [5.74, 6) is 0.606. The lowest BCUT2D eigenvalue weighted by atomic mass is 9.98. The summed E-state index contributed by atoms with van der Waals surface area (Å²) < 4.78 is 0. The molecule has 3 heteroatoms. The Morgan fingerprint density at radius 3 is 2.35 bits per heavy atom. The lowest BCUT2D eigenvalue weighted by molar-refractivity contribution is 0.267. The third-order valence-corrected chi connectivity index (χ3v) is 3.26. The second-order valence-electron chi connectivity index (χ2n) is 4.72. The molecule has 2 unspecified atom stereocenters. The summed E-state index contributed by atoms with van der Waals surface area (Å²) in [6.07, 6.45) is 1.16. The molecule has 17 heavy (non-hydrogen) atoms. The molecule has 1 rings (SSSR count). The molecule has 0 amide bonds. The molecule has 0 aliphatic carbocycles. The van der Waals surface area contributed by atoms with Crippen molar-refractivity contribution in [1.29, 1.82) is 0 Å². The Hall–Kier alpha value is -1.06. The average Bonchev–Trinajstić information content (AvgIpc) is 2.37. The molecule has 0 aliphatic rings. The van der Waals surface area contributed by atoms with Crippen LogP contribution in [0, 0.1) is 0 Å². The van der Waals surface area contributed by atoms with Gasteiger partial charge < -0.3 is 15.7 Å². The van der Waals surface area contributed by atoms with Gasteiger partial charge in [-0.15, -0.1) is 0 Å². The first-order valence-corrected chi connectivity index (χ1v) is 6.26. The van der Waals surface area contributed by atoms with Gasteiger partial charge in [-0.1, -0.05) is 26.0 Å². The van der Waals surface area contributed by atoms with Crippen LogP contribution in [0.4, 0.5) is 5.69 Å². The standard InChI is InChI=1S/C14H24N2O/c1-4-11(2)12-5-7-14(8-6-12)16(3)9-13(15)10-17/h5-8,11,13,17H,4,9-10,15H2,1-3H3. The molecule has 0 saturated carbocycles. The number of hydrogen-bond acceptors (Lipinski definition) is 3. The average molecular weight is 236 g/mol. The van der Waals surface area contributed by atoms with E-state index in [1.54, 1.807) is 0 Å². The van der Waals surface area contributed by atoms with Gasteiger partial charge in [-0.25, -0.2) is 0 Å². The molecular weight excluding hydrogens is 212 g/mol. The van der Waals surface area contributed by atoms with Gasteiger partial charge in [0, 0.05) is 25.3 Å². The molecule has 0 radical (unpaired) electrons. The fourth-order valence-electron chi connectivity index (χ4n) is 1.81. The Morgan fingerprint density at radius 2 is 1.88 bits per heavy atom. The largest absolute Gasteiger partial charge is 0.395 e. The van der Waals surface area contributed by atoms with Crippen molar-refractivity contribution in [2.24, 2.45) is 5.73 Å². The predicted octanol–water partition coefficient (Wildman–Crippen LogP) is 1.96. The number of anilines is 1. The van der Waals surface area contributed by atoms with Crippen molar-refractivity contribution in [2.75, 3.05) is 25.1 Å². The van der Waals surface area contributed by atoms with Crippen LogP contribution >= 0.6 is 0 Å². The Morgan fingerprint density at radius 1 is 1.29 bits per heavy atom. The van der Waals surface area contributed by atoms with E-state index in [0.29, 0.717) is 12.5 Å². The highest BCUT2D eigenvalue weighted by Crippen LogP contribution is 2.21. The molecule has 1 aromatic rings. The Kier molecular flexibility index (Phi) is 5.45. The summed E-state index contributed by atoms with van der Waals surface area (Å²) >= 11 is 0. The summed E-state index contributed by atoms with van der Waals surface area (Å²) in [6, 6.07) is 8.39. The topological polar surface area (TPSA) is 49.5 Å². The van der Waals surface area contributed by atoms with E-state index in [9.17, 15) is 0 Å². The van der Waals surface area contributed by atoms with E-state index in [1.165, 1.54) is 5.56 Å². The second kappa shape index (κ2) is 6.62. The lowest BCUT2D eigenvalue weighted by Gasteiger charge is -2.23. The quantitative estimate of drug-likeness (QED) is 0.794. The molecule has 3 N–H and O–H groups in total. The summed E-state index contributed by atoms with van der Waals surface area (Å²) in [4.78, 5) is 2.07. The summed E-state index contributed by atoms with van der Waals surface area (Å²) in [5, 5.41) is 8.93. The van der Waals surface area contributed by atoms with Crippen LogP contribution in [0.25, 0.3) is 0 Å². The van der Waals surface area contributed by atoms with Crippen LogP contribution in [0.5, 0.6) is 0 Å². The van der Waals surface area contributed by atoms with E-state index in [4.69, 9.17) is 10.8 Å². The Bertz CT molecular complexity index is 323. The van der Waals surface area contributed by atoms with E-state index < -0.39 is 0 Å². The van der Waals surface area contributed by atoms with Crippen LogP contribution in [-0.2, 0) is 0 Å². The fourth-order valence-corrected chi connectivity index (χ4v) is 1.81. The molecule has 0 aliphatic heterocycles. The zero-order valence-corrected chi connectivity index (χ0v) is 11.1. The van der Waals surface area contributed by atoms with Crippen LogP contribution in [0.2, 0.25) is 0 Å². The van der Waals surface area contributed by atoms with Crippen LogP contribution in [0.3, 0.4) is 0 Å². The molecule has 2 atom stereocenters. The van der Waals surface area contributed by atoms with Crippen LogP contribution in [-0.4, -0.2) is 31.3 Å². The maximum Gasteiger partial charge on any atom is 0.0599 e. The first-order chi connectivity index (χ1) is 8.08. The van der Waals surface area contributed by atoms with E-state index in [1.807, 2.05) is 7.05 Å². The number of nitrogens with zero attached hydrogens (tertiary/aromatic N) is 1. The molecule has 3 nitrogen and oxygen atoms in total.